The molecular weight excluding hydrogens is 502 g/mol. The Morgan fingerprint density at radius 2 is 1.86 bits per heavy atom. The predicted molar refractivity (Wildman–Crippen MR) is 137 cm³/mol. The van der Waals surface area contributed by atoms with Gasteiger partial charge in [0.15, 0.2) is 5.58 Å². The number of ether oxygens (including phenoxy) is 1. The average molecular weight is 530 g/mol. The van der Waals surface area contributed by atoms with Crippen molar-refractivity contribution in [2.24, 2.45) is 11.8 Å². The first-order valence-corrected chi connectivity index (χ1v) is 12.3. The number of fused-ring (bicyclic) bond motifs is 1. The van der Waals surface area contributed by atoms with Crippen LogP contribution in [0.1, 0.15) is 36.2 Å². The fourth-order valence-electron chi connectivity index (χ4n) is 4.37. The summed E-state index contributed by atoms with van der Waals surface area (Å²) >= 11 is 5.87. The number of hydrogen-bond acceptors (Lipinski definition) is 8. The molecule has 3 amide bonds. The van der Waals surface area contributed by atoms with E-state index in [1.165, 1.54) is 18.2 Å². The van der Waals surface area contributed by atoms with Crippen LogP contribution in [-0.2, 0) is 9.59 Å². The number of carbonyl (C=O) groups is 3. The first kappa shape index (κ1) is 26.4. The van der Waals surface area contributed by atoms with Crippen LogP contribution in [0.15, 0.2) is 34.9 Å². The summed E-state index contributed by atoms with van der Waals surface area (Å²) in [5.41, 5.74) is 0.703. The number of furan rings is 1. The van der Waals surface area contributed by atoms with E-state index in [0.717, 1.165) is 0 Å². The zero-order valence-corrected chi connectivity index (χ0v) is 21.2. The number of carbonyl (C=O) groups excluding carboxylic acids is 3. The molecule has 1 aliphatic rings. The molecule has 4 rings (SSSR count). The van der Waals surface area contributed by atoms with Gasteiger partial charge in [-0.2, -0.15) is 0 Å². The van der Waals surface area contributed by atoms with Gasteiger partial charge in [-0.15, -0.1) is 0 Å². The van der Waals surface area contributed by atoms with Gasteiger partial charge in [0.1, 0.15) is 17.0 Å². The van der Waals surface area contributed by atoms with Crippen molar-refractivity contribution in [1.29, 1.82) is 0 Å². The highest BCUT2D eigenvalue weighted by atomic mass is 35.5. The number of nitrogens with zero attached hydrogens (tertiary/aromatic N) is 3. The minimum atomic E-state index is -0.622. The van der Waals surface area contributed by atoms with Crippen LogP contribution < -0.4 is 15.4 Å². The first-order valence-electron chi connectivity index (χ1n) is 11.9. The molecule has 1 fully saturated rings. The molecule has 0 atom stereocenters. The molecule has 37 heavy (non-hydrogen) atoms. The van der Waals surface area contributed by atoms with Gasteiger partial charge in [0.2, 0.25) is 23.5 Å². The van der Waals surface area contributed by atoms with Crippen LogP contribution in [0.4, 0.5) is 11.5 Å². The summed E-state index contributed by atoms with van der Waals surface area (Å²) in [4.78, 5) is 48.8. The second-order valence-corrected chi connectivity index (χ2v) is 9.28. The minimum Gasteiger partial charge on any atom is -0.481 e. The van der Waals surface area contributed by atoms with Gasteiger partial charge in [-0.25, -0.2) is 9.97 Å². The summed E-state index contributed by atoms with van der Waals surface area (Å²) < 4.78 is 11.0. The number of anilines is 2. The Labute approximate surface area is 218 Å². The lowest BCUT2D eigenvalue weighted by Crippen LogP contribution is -2.38. The highest BCUT2D eigenvalue weighted by Crippen LogP contribution is 2.35. The fourth-order valence-corrected chi connectivity index (χ4v) is 4.48. The number of rotatable bonds is 8. The van der Waals surface area contributed by atoms with Crippen molar-refractivity contribution in [2.45, 2.75) is 25.7 Å². The maximum atomic E-state index is 13.2. The van der Waals surface area contributed by atoms with E-state index in [4.69, 9.17) is 25.9 Å². The molecule has 11 nitrogen and oxygen atoms in total. The largest absolute Gasteiger partial charge is 0.481 e. The summed E-state index contributed by atoms with van der Waals surface area (Å²) in [6.07, 6.45) is 3.53. The third-order valence-electron chi connectivity index (χ3n) is 6.40. The number of amides is 3. The van der Waals surface area contributed by atoms with Crippen LogP contribution in [0.3, 0.4) is 0 Å². The molecule has 0 unspecified atom stereocenters. The second-order valence-electron chi connectivity index (χ2n) is 8.84. The molecule has 3 aromatic rings. The van der Waals surface area contributed by atoms with Crippen molar-refractivity contribution in [3.05, 3.63) is 41.2 Å². The zero-order valence-electron chi connectivity index (χ0n) is 20.5. The highest BCUT2D eigenvalue weighted by molar-refractivity contribution is 6.30. The van der Waals surface area contributed by atoms with Crippen LogP contribution in [0.25, 0.3) is 11.1 Å². The number of aliphatic hydroxyl groups is 1. The van der Waals surface area contributed by atoms with E-state index in [2.05, 4.69) is 20.6 Å². The predicted octanol–water partition coefficient (Wildman–Crippen LogP) is 3.33. The van der Waals surface area contributed by atoms with Gasteiger partial charge in [-0.05, 0) is 43.9 Å². The van der Waals surface area contributed by atoms with Gasteiger partial charge in [-0.1, -0.05) is 11.6 Å². The first-order chi connectivity index (χ1) is 17.8. The molecule has 0 spiro atoms. The number of halogens is 1. The number of pyridine rings is 2. The molecule has 3 heterocycles. The summed E-state index contributed by atoms with van der Waals surface area (Å²) in [7, 11) is 3.12. The van der Waals surface area contributed by atoms with Gasteiger partial charge in [-0.3, -0.25) is 14.4 Å². The monoisotopic (exact) mass is 529 g/mol. The van der Waals surface area contributed by atoms with Gasteiger partial charge < -0.3 is 29.8 Å². The van der Waals surface area contributed by atoms with Crippen molar-refractivity contribution in [2.75, 3.05) is 37.9 Å². The van der Waals surface area contributed by atoms with Crippen LogP contribution in [0.5, 0.6) is 5.88 Å². The Hall–Kier alpha value is -3.70. The summed E-state index contributed by atoms with van der Waals surface area (Å²) in [6.45, 7) is 0.182. The van der Waals surface area contributed by atoms with Gasteiger partial charge in [0.05, 0.1) is 18.7 Å². The Morgan fingerprint density at radius 1 is 1.14 bits per heavy atom. The third kappa shape index (κ3) is 6.00. The average Bonchev–Trinajstić information content (AvgIpc) is 3.27. The molecular formula is C25H28ClN5O6. The van der Waals surface area contributed by atoms with Gasteiger partial charge in [0.25, 0.3) is 5.91 Å². The van der Waals surface area contributed by atoms with E-state index < -0.39 is 5.91 Å². The van der Waals surface area contributed by atoms with Crippen molar-refractivity contribution >= 4 is 51.9 Å². The molecule has 3 N–H and O–H groups in total. The van der Waals surface area contributed by atoms with Crippen LogP contribution in [0, 0.1) is 11.8 Å². The number of methoxy groups -OCH3 is 1. The summed E-state index contributed by atoms with van der Waals surface area (Å²) in [6, 6.07) is 6.32. The lowest BCUT2D eigenvalue weighted by atomic mass is 9.81. The van der Waals surface area contributed by atoms with Crippen molar-refractivity contribution in [3.63, 3.8) is 0 Å². The van der Waals surface area contributed by atoms with E-state index in [9.17, 15) is 14.4 Å². The van der Waals surface area contributed by atoms with E-state index in [-0.39, 0.29) is 59.6 Å². The molecule has 3 aromatic heterocycles. The third-order valence-corrected chi connectivity index (χ3v) is 6.62. The molecule has 0 saturated heterocycles. The normalized spacial score (nSPS) is 17.3. The second kappa shape index (κ2) is 11.6. The van der Waals surface area contributed by atoms with Gasteiger partial charge >= 0.3 is 0 Å². The van der Waals surface area contributed by atoms with E-state index >= 15 is 0 Å². The topological polar surface area (TPSA) is 147 Å². The van der Waals surface area contributed by atoms with Crippen molar-refractivity contribution < 1.29 is 28.6 Å². The summed E-state index contributed by atoms with van der Waals surface area (Å²) in [5, 5.41) is 15.0. The molecule has 0 aliphatic heterocycles. The highest BCUT2D eigenvalue weighted by Gasteiger charge is 2.33. The van der Waals surface area contributed by atoms with Crippen molar-refractivity contribution in [3.8, 4) is 5.88 Å². The van der Waals surface area contributed by atoms with E-state index in [0.29, 0.717) is 42.2 Å². The Morgan fingerprint density at radius 3 is 2.51 bits per heavy atom. The number of likely N-dealkylation sites (N-methyl/N-ethyl adjacent to an activating group) is 1. The quantitative estimate of drug-likeness (QED) is 0.402. The van der Waals surface area contributed by atoms with Crippen LogP contribution in [-0.4, -0.2) is 65.0 Å². The molecule has 0 bridgehead atoms. The lowest BCUT2D eigenvalue weighted by Gasteiger charge is -2.29. The SMILES string of the molecule is COc1ccc2oc(C(=O)Nc3ccc(Cl)cn3)c(NC(=O)[C@H]3CC[C@H](C(=O)N(C)CCO)CC3)c2n1. The molecule has 1 saturated carbocycles. The minimum absolute atomic E-state index is 0.0280. The molecule has 12 heteroatoms. The number of aromatic nitrogens is 2. The lowest BCUT2D eigenvalue weighted by molar-refractivity contribution is -0.137. The molecule has 1 aliphatic carbocycles. The number of nitrogens with one attached hydrogen (secondary N) is 2. The Bertz CT molecular complexity index is 1290. The van der Waals surface area contributed by atoms with E-state index in [1.807, 2.05) is 0 Å². The Kier molecular flexibility index (Phi) is 8.24. The standard InChI is InChI=1S/C25H28ClN5O6/c1-31(11-12-32)25(35)15-5-3-14(4-6-15)23(33)30-21-20-17(8-10-19(29-20)36-2)37-22(21)24(34)28-18-9-7-16(26)13-27-18/h7-10,13-15,32H,3-6,11-12H2,1-2H3,(H,30,33)(H,27,28,34)/t14-,15-. The summed E-state index contributed by atoms with van der Waals surface area (Å²) in [5.74, 6) is -1.06. The number of hydrogen-bond donors (Lipinski definition) is 3. The van der Waals surface area contributed by atoms with Crippen LogP contribution >= 0.6 is 11.6 Å². The van der Waals surface area contributed by atoms with Crippen molar-refractivity contribution in [1.82, 2.24) is 14.9 Å². The van der Waals surface area contributed by atoms with Gasteiger partial charge in [0, 0.05) is 37.7 Å². The molecule has 196 valence electrons. The van der Waals surface area contributed by atoms with Crippen LogP contribution in [0.2, 0.25) is 5.02 Å². The smallest absolute Gasteiger partial charge is 0.294 e. The maximum absolute atomic E-state index is 13.2. The number of aliphatic hydroxyl groups excluding tert-OH is 1. The zero-order chi connectivity index (χ0) is 26.5. The maximum Gasteiger partial charge on any atom is 0.294 e. The molecule has 0 radical (unpaired) electrons. The fraction of sp³-hybridized carbons (Fsp3) is 0.400. The Balaban J connectivity index is 1.53. The van der Waals surface area contributed by atoms with E-state index in [1.54, 1.807) is 31.3 Å². The molecule has 0 aromatic carbocycles.